The highest BCUT2D eigenvalue weighted by Crippen LogP contribution is 2.06. The third-order valence-corrected chi connectivity index (χ3v) is 3.13. The SMILES string of the molecule is C=C.C=C.C=C.C=C.C=C.C=C.CCCCCCCCOCCCCCCC.OCCO. The Labute approximate surface area is 205 Å². The van der Waals surface area contributed by atoms with Crippen LogP contribution in [0.15, 0.2) is 78.9 Å². The molecule has 3 heteroatoms. The van der Waals surface area contributed by atoms with Crippen molar-refractivity contribution in [2.45, 2.75) is 84.5 Å². The largest absolute Gasteiger partial charge is 0.394 e. The molecule has 0 aromatic carbocycles. The lowest BCUT2D eigenvalue weighted by Crippen LogP contribution is -1.97. The van der Waals surface area contributed by atoms with Crippen molar-refractivity contribution >= 4 is 0 Å². The van der Waals surface area contributed by atoms with E-state index in [0.717, 1.165) is 13.2 Å². The zero-order valence-corrected chi connectivity index (χ0v) is 22.4. The first-order valence-electron chi connectivity index (χ1n) is 11.6. The molecule has 3 nitrogen and oxygen atoms in total. The number of aliphatic hydroxyl groups is 2. The van der Waals surface area contributed by atoms with Gasteiger partial charge in [-0.3, -0.25) is 0 Å². The fourth-order valence-electron chi connectivity index (χ4n) is 1.89. The fraction of sp³-hybridized carbons (Fsp3) is 0.586. The Balaban J connectivity index is -0.0000000498. The third kappa shape index (κ3) is 139. The summed E-state index contributed by atoms with van der Waals surface area (Å²) in [5.74, 6) is 0. The van der Waals surface area contributed by atoms with Crippen molar-refractivity contribution in [1.82, 2.24) is 0 Å². The van der Waals surface area contributed by atoms with Crippen molar-refractivity contribution in [3.63, 3.8) is 0 Å². The molecule has 0 aromatic rings. The lowest BCUT2D eigenvalue weighted by molar-refractivity contribution is 0.125. The molecule has 0 radical (unpaired) electrons. The minimum atomic E-state index is -0.125. The molecule has 0 aliphatic heterocycles. The molecule has 196 valence electrons. The van der Waals surface area contributed by atoms with Crippen LogP contribution in [0.3, 0.4) is 0 Å². The van der Waals surface area contributed by atoms with Crippen LogP contribution in [0.4, 0.5) is 0 Å². The van der Waals surface area contributed by atoms with Crippen LogP contribution >= 0.6 is 0 Å². The molecule has 0 saturated heterocycles. The molecule has 0 aromatic heterocycles. The molecule has 0 bridgehead atoms. The van der Waals surface area contributed by atoms with Gasteiger partial charge in [0, 0.05) is 13.2 Å². The molecule has 0 unspecified atom stereocenters. The van der Waals surface area contributed by atoms with Crippen LogP contribution in [-0.2, 0) is 4.74 Å². The molecule has 0 rings (SSSR count). The van der Waals surface area contributed by atoms with E-state index in [0.29, 0.717) is 0 Å². The highest BCUT2D eigenvalue weighted by Gasteiger charge is 1.92. The van der Waals surface area contributed by atoms with Crippen LogP contribution < -0.4 is 0 Å². The summed E-state index contributed by atoms with van der Waals surface area (Å²) in [6.45, 7) is 42.2. The average Bonchev–Trinajstić information content (AvgIpc) is 2.92. The second-order valence-corrected chi connectivity index (χ2v) is 5.24. The molecule has 0 amide bonds. The predicted molar refractivity (Wildman–Crippen MR) is 155 cm³/mol. The summed E-state index contributed by atoms with van der Waals surface area (Å²) < 4.78 is 5.62. The first-order valence-corrected chi connectivity index (χ1v) is 11.6. The maximum atomic E-state index is 7.62. The van der Waals surface area contributed by atoms with E-state index in [4.69, 9.17) is 14.9 Å². The standard InChI is InChI=1S/C15H32O.C2H6O2.6C2H4/c1-3-5-7-9-11-13-15-16-14-12-10-8-6-4-2;3-1-2-4;6*1-2/h3-15H2,1-2H3;3-4H,1-2H2;6*1-2H2. The van der Waals surface area contributed by atoms with E-state index >= 15 is 0 Å². The van der Waals surface area contributed by atoms with Gasteiger partial charge in [-0.25, -0.2) is 0 Å². The molecule has 0 spiro atoms. The Kier molecular flexibility index (Phi) is 187. The van der Waals surface area contributed by atoms with Crippen molar-refractivity contribution in [3.8, 4) is 0 Å². The Morgan fingerprint density at radius 1 is 0.406 bits per heavy atom. The summed E-state index contributed by atoms with van der Waals surface area (Å²) >= 11 is 0. The molecule has 0 fully saturated rings. The molecule has 0 saturated carbocycles. The normalized spacial score (nSPS) is 7.12. The number of hydrogen-bond acceptors (Lipinski definition) is 3. The van der Waals surface area contributed by atoms with Gasteiger partial charge in [0.05, 0.1) is 13.2 Å². The molecule has 0 aliphatic carbocycles. The monoisotopic (exact) mass is 458 g/mol. The van der Waals surface area contributed by atoms with Crippen molar-refractivity contribution < 1.29 is 14.9 Å². The summed E-state index contributed by atoms with van der Waals surface area (Å²) in [6, 6.07) is 0. The topological polar surface area (TPSA) is 49.7 Å². The number of aliphatic hydroxyl groups excluding tert-OH is 2. The highest BCUT2D eigenvalue weighted by molar-refractivity contribution is 4.45. The quantitative estimate of drug-likeness (QED) is 0.201. The zero-order chi connectivity index (χ0) is 27.3. The van der Waals surface area contributed by atoms with Crippen molar-refractivity contribution in [3.05, 3.63) is 78.9 Å². The van der Waals surface area contributed by atoms with E-state index in [1.165, 1.54) is 70.6 Å². The van der Waals surface area contributed by atoms with Gasteiger partial charge in [0.25, 0.3) is 0 Å². The van der Waals surface area contributed by atoms with Crippen molar-refractivity contribution in [2.75, 3.05) is 26.4 Å². The van der Waals surface area contributed by atoms with Gasteiger partial charge in [0.15, 0.2) is 0 Å². The summed E-state index contributed by atoms with van der Waals surface area (Å²) in [7, 11) is 0. The average molecular weight is 459 g/mol. The first kappa shape index (κ1) is 52.3. The van der Waals surface area contributed by atoms with E-state index < -0.39 is 0 Å². The van der Waals surface area contributed by atoms with Crippen LogP contribution in [0.2, 0.25) is 0 Å². The second kappa shape index (κ2) is 115. The molecule has 32 heavy (non-hydrogen) atoms. The molecular formula is C29H62O3. The Hall–Kier alpha value is -1.68. The van der Waals surface area contributed by atoms with Crippen LogP contribution in [0.1, 0.15) is 84.5 Å². The van der Waals surface area contributed by atoms with E-state index in [2.05, 4.69) is 92.8 Å². The first-order chi connectivity index (χ1) is 15.8. The van der Waals surface area contributed by atoms with Gasteiger partial charge in [-0.05, 0) is 12.8 Å². The third-order valence-electron chi connectivity index (χ3n) is 3.13. The van der Waals surface area contributed by atoms with Gasteiger partial charge in [0.1, 0.15) is 0 Å². The molecule has 2 N–H and O–H groups in total. The minimum absolute atomic E-state index is 0.125. The van der Waals surface area contributed by atoms with E-state index in [1.54, 1.807) is 0 Å². The zero-order valence-electron chi connectivity index (χ0n) is 22.4. The summed E-state index contributed by atoms with van der Waals surface area (Å²) in [4.78, 5) is 0. The lowest BCUT2D eigenvalue weighted by atomic mass is 10.1. The van der Waals surface area contributed by atoms with Crippen molar-refractivity contribution in [1.29, 1.82) is 0 Å². The minimum Gasteiger partial charge on any atom is -0.394 e. The number of unbranched alkanes of at least 4 members (excludes halogenated alkanes) is 9. The van der Waals surface area contributed by atoms with Crippen LogP contribution in [0.25, 0.3) is 0 Å². The summed E-state index contributed by atoms with van der Waals surface area (Å²) in [5.41, 5.74) is 0. The number of rotatable bonds is 14. The maximum Gasteiger partial charge on any atom is 0.0662 e. The van der Waals surface area contributed by atoms with E-state index in [1.807, 2.05) is 0 Å². The fourth-order valence-corrected chi connectivity index (χ4v) is 1.89. The van der Waals surface area contributed by atoms with Gasteiger partial charge in [0.2, 0.25) is 0 Å². The molecule has 0 atom stereocenters. The molecular weight excluding hydrogens is 396 g/mol. The number of hydrogen-bond donors (Lipinski definition) is 2. The molecule has 0 aliphatic rings. The van der Waals surface area contributed by atoms with Crippen LogP contribution in [0.5, 0.6) is 0 Å². The van der Waals surface area contributed by atoms with Crippen LogP contribution in [-0.4, -0.2) is 36.6 Å². The van der Waals surface area contributed by atoms with E-state index in [-0.39, 0.29) is 13.2 Å². The Morgan fingerprint density at radius 3 is 0.844 bits per heavy atom. The second-order valence-electron chi connectivity index (χ2n) is 5.24. The summed E-state index contributed by atoms with van der Waals surface area (Å²) in [6.07, 6.45) is 14.9. The Morgan fingerprint density at radius 2 is 0.625 bits per heavy atom. The predicted octanol–water partition coefficient (Wildman–Crippen LogP) is 9.12. The van der Waals surface area contributed by atoms with E-state index in [9.17, 15) is 0 Å². The van der Waals surface area contributed by atoms with Gasteiger partial charge in [-0.2, -0.15) is 0 Å². The molecule has 0 heterocycles. The van der Waals surface area contributed by atoms with Crippen molar-refractivity contribution in [2.24, 2.45) is 0 Å². The van der Waals surface area contributed by atoms with Gasteiger partial charge < -0.3 is 14.9 Å². The van der Waals surface area contributed by atoms with Gasteiger partial charge in [-0.1, -0.05) is 71.6 Å². The van der Waals surface area contributed by atoms with Gasteiger partial charge >= 0.3 is 0 Å². The van der Waals surface area contributed by atoms with Crippen LogP contribution in [0, 0.1) is 0 Å². The number of ether oxygens (including phenoxy) is 1. The lowest BCUT2D eigenvalue weighted by Gasteiger charge is -2.04. The van der Waals surface area contributed by atoms with Gasteiger partial charge in [-0.15, -0.1) is 78.9 Å². The maximum absolute atomic E-state index is 7.62. The smallest absolute Gasteiger partial charge is 0.0662 e. The summed E-state index contributed by atoms with van der Waals surface area (Å²) in [5, 5.41) is 15.2. The Bertz CT molecular complexity index is 179. The highest BCUT2D eigenvalue weighted by atomic mass is 16.5.